The van der Waals surface area contributed by atoms with Crippen molar-refractivity contribution in [3.8, 4) is 0 Å². The Balaban J connectivity index is 2.03. The van der Waals surface area contributed by atoms with Gasteiger partial charge in [-0.1, -0.05) is 37.2 Å². The molecule has 3 N–H and O–H groups in total. The SMILES string of the molecule is CCCCc1cc(=O)[nH]c(SCc2ccc(N)cc2)n1. The maximum Gasteiger partial charge on any atom is 0.251 e. The van der Waals surface area contributed by atoms with E-state index in [1.54, 1.807) is 6.07 Å². The second kappa shape index (κ2) is 7.14. The molecule has 4 nitrogen and oxygen atoms in total. The fourth-order valence-electron chi connectivity index (χ4n) is 1.80. The van der Waals surface area contributed by atoms with Crippen molar-refractivity contribution >= 4 is 17.4 Å². The minimum atomic E-state index is -0.0779. The standard InChI is InChI=1S/C15H19N3OS/c1-2-3-4-13-9-14(19)18-15(17-13)20-10-11-5-7-12(16)8-6-11/h5-9H,2-4,10,16H2,1H3,(H,17,18,19). The zero-order chi connectivity index (χ0) is 14.4. The van der Waals surface area contributed by atoms with E-state index in [9.17, 15) is 4.79 Å². The van der Waals surface area contributed by atoms with Crippen molar-refractivity contribution < 1.29 is 0 Å². The van der Waals surface area contributed by atoms with E-state index >= 15 is 0 Å². The van der Waals surface area contributed by atoms with Crippen LogP contribution in [0.2, 0.25) is 0 Å². The Morgan fingerprint density at radius 2 is 2.05 bits per heavy atom. The number of unbranched alkanes of at least 4 members (excludes halogenated alkanes) is 1. The van der Waals surface area contributed by atoms with Gasteiger partial charge in [0.05, 0.1) is 0 Å². The highest BCUT2D eigenvalue weighted by Gasteiger charge is 2.03. The van der Waals surface area contributed by atoms with Gasteiger partial charge in [0.25, 0.3) is 5.56 Å². The largest absolute Gasteiger partial charge is 0.399 e. The van der Waals surface area contributed by atoms with Crippen LogP contribution in [0.3, 0.4) is 0 Å². The molecule has 1 aromatic carbocycles. The van der Waals surface area contributed by atoms with Crippen molar-refractivity contribution in [2.45, 2.75) is 37.1 Å². The van der Waals surface area contributed by atoms with Gasteiger partial charge in [-0.15, -0.1) is 0 Å². The number of aromatic nitrogens is 2. The number of H-pyrrole nitrogens is 1. The van der Waals surface area contributed by atoms with Crippen molar-refractivity contribution in [1.29, 1.82) is 0 Å². The third-order valence-electron chi connectivity index (χ3n) is 2.91. The van der Waals surface area contributed by atoms with E-state index in [1.165, 1.54) is 11.8 Å². The van der Waals surface area contributed by atoms with E-state index in [4.69, 9.17) is 5.73 Å². The summed E-state index contributed by atoms with van der Waals surface area (Å²) in [6, 6.07) is 9.32. The number of aryl methyl sites for hydroxylation is 1. The summed E-state index contributed by atoms with van der Waals surface area (Å²) in [5.74, 6) is 0.764. The van der Waals surface area contributed by atoms with Gasteiger partial charge in [-0.05, 0) is 30.5 Å². The number of nitrogen functional groups attached to an aromatic ring is 1. The molecule has 0 amide bonds. The van der Waals surface area contributed by atoms with Crippen LogP contribution in [0.15, 0.2) is 40.3 Å². The predicted octanol–water partition coefficient (Wildman–Crippen LogP) is 2.99. The van der Waals surface area contributed by atoms with Gasteiger partial charge < -0.3 is 10.7 Å². The molecule has 106 valence electrons. The van der Waals surface area contributed by atoms with Gasteiger partial charge in [0.1, 0.15) is 0 Å². The van der Waals surface area contributed by atoms with E-state index in [0.29, 0.717) is 5.16 Å². The third-order valence-corrected chi connectivity index (χ3v) is 3.86. The van der Waals surface area contributed by atoms with Crippen molar-refractivity contribution in [1.82, 2.24) is 9.97 Å². The number of nitrogens with zero attached hydrogens (tertiary/aromatic N) is 1. The van der Waals surface area contributed by atoms with Crippen molar-refractivity contribution in [2.24, 2.45) is 0 Å². The zero-order valence-electron chi connectivity index (χ0n) is 11.6. The summed E-state index contributed by atoms with van der Waals surface area (Å²) in [6.07, 6.45) is 3.01. The van der Waals surface area contributed by atoms with E-state index in [0.717, 1.165) is 42.0 Å². The minimum Gasteiger partial charge on any atom is -0.399 e. The summed E-state index contributed by atoms with van der Waals surface area (Å²) in [5, 5.41) is 0.681. The number of nitrogens with one attached hydrogen (secondary N) is 1. The normalized spacial score (nSPS) is 10.7. The molecule has 20 heavy (non-hydrogen) atoms. The van der Waals surface area contributed by atoms with Crippen LogP contribution in [0.4, 0.5) is 5.69 Å². The van der Waals surface area contributed by atoms with Gasteiger partial charge in [0.2, 0.25) is 0 Å². The second-order valence-electron chi connectivity index (χ2n) is 4.68. The van der Waals surface area contributed by atoms with Crippen molar-refractivity contribution in [2.75, 3.05) is 5.73 Å². The molecule has 1 heterocycles. The summed E-state index contributed by atoms with van der Waals surface area (Å²) in [5.41, 5.74) is 8.36. The third kappa shape index (κ3) is 4.42. The smallest absolute Gasteiger partial charge is 0.251 e. The quantitative estimate of drug-likeness (QED) is 0.487. The molecule has 5 heteroatoms. The average molecular weight is 289 g/mol. The van der Waals surface area contributed by atoms with Crippen LogP contribution in [0, 0.1) is 0 Å². The molecule has 0 aliphatic rings. The van der Waals surface area contributed by atoms with E-state index < -0.39 is 0 Å². The molecule has 2 rings (SSSR count). The number of thioether (sulfide) groups is 1. The monoisotopic (exact) mass is 289 g/mol. The Labute approximate surface area is 122 Å². The van der Waals surface area contributed by atoms with Crippen molar-refractivity contribution in [3.05, 3.63) is 51.9 Å². The Kier molecular flexibility index (Phi) is 5.24. The van der Waals surface area contributed by atoms with Gasteiger partial charge in [-0.25, -0.2) is 4.98 Å². The number of benzene rings is 1. The first kappa shape index (κ1) is 14.7. The van der Waals surface area contributed by atoms with Crippen LogP contribution >= 0.6 is 11.8 Å². The molecule has 0 fully saturated rings. The fourth-order valence-corrected chi connectivity index (χ4v) is 2.65. The Hall–Kier alpha value is -1.75. The van der Waals surface area contributed by atoms with E-state index in [2.05, 4.69) is 16.9 Å². The minimum absolute atomic E-state index is 0.0779. The van der Waals surface area contributed by atoms with Crippen LogP contribution in [0.25, 0.3) is 0 Å². The second-order valence-corrected chi connectivity index (χ2v) is 5.64. The highest BCUT2D eigenvalue weighted by Crippen LogP contribution is 2.19. The fraction of sp³-hybridized carbons (Fsp3) is 0.333. The van der Waals surface area contributed by atoms with Crippen LogP contribution < -0.4 is 11.3 Å². The number of rotatable bonds is 6. The lowest BCUT2D eigenvalue weighted by atomic mass is 10.2. The summed E-state index contributed by atoms with van der Waals surface area (Å²) < 4.78 is 0. The number of aromatic amines is 1. The first-order valence-electron chi connectivity index (χ1n) is 6.75. The van der Waals surface area contributed by atoms with Gasteiger partial charge in [0, 0.05) is 23.2 Å². The molecule has 2 aromatic rings. The van der Waals surface area contributed by atoms with Gasteiger partial charge in [-0.3, -0.25) is 4.79 Å². The van der Waals surface area contributed by atoms with Gasteiger partial charge in [0.15, 0.2) is 5.16 Å². The molecule has 0 spiro atoms. The molecule has 1 aromatic heterocycles. The molecule has 0 unspecified atom stereocenters. The lowest BCUT2D eigenvalue weighted by molar-refractivity contribution is 0.752. The molecule has 0 aliphatic heterocycles. The predicted molar refractivity (Wildman–Crippen MR) is 83.9 cm³/mol. The molecule has 0 bridgehead atoms. The molecular weight excluding hydrogens is 270 g/mol. The zero-order valence-corrected chi connectivity index (χ0v) is 12.4. The van der Waals surface area contributed by atoms with E-state index in [-0.39, 0.29) is 5.56 Å². The molecule has 0 saturated carbocycles. The summed E-state index contributed by atoms with van der Waals surface area (Å²) >= 11 is 1.53. The number of hydrogen-bond donors (Lipinski definition) is 2. The summed E-state index contributed by atoms with van der Waals surface area (Å²) in [7, 11) is 0. The number of hydrogen-bond acceptors (Lipinski definition) is 4. The first-order valence-corrected chi connectivity index (χ1v) is 7.73. The van der Waals surface area contributed by atoms with Gasteiger partial charge in [-0.2, -0.15) is 0 Å². The number of nitrogens with two attached hydrogens (primary N) is 1. The van der Waals surface area contributed by atoms with Crippen molar-refractivity contribution in [3.63, 3.8) is 0 Å². The maximum absolute atomic E-state index is 11.6. The molecule has 0 aliphatic carbocycles. The number of anilines is 1. The van der Waals surface area contributed by atoms with Gasteiger partial charge >= 0.3 is 0 Å². The molecular formula is C15H19N3OS. The highest BCUT2D eigenvalue weighted by atomic mass is 32.2. The lowest BCUT2D eigenvalue weighted by Gasteiger charge is -2.04. The van der Waals surface area contributed by atoms with Crippen LogP contribution in [0.5, 0.6) is 0 Å². The first-order chi connectivity index (χ1) is 9.67. The summed E-state index contributed by atoms with van der Waals surface area (Å²) in [6.45, 7) is 2.13. The average Bonchev–Trinajstić information content (AvgIpc) is 2.44. The molecule has 0 atom stereocenters. The Bertz CT molecular complexity index is 607. The Morgan fingerprint density at radius 1 is 1.30 bits per heavy atom. The highest BCUT2D eigenvalue weighted by molar-refractivity contribution is 7.98. The Morgan fingerprint density at radius 3 is 2.75 bits per heavy atom. The molecule has 0 radical (unpaired) electrons. The van der Waals surface area contributed by atoms with Crippen LogP contribution in [-0.4, -0.2) is 9.97 Å². The summed E-state index contributed by atoms with van der Waals surface area (Å²) in [4.78, 5) is 18.9. The van der Waals surface area contributed by atoms with E-state index in [1.807, 2.05) is 24.3 Å². The topological polar surface area (TPSA) is 71.8 Å². The van der Waals surface area contributed by atoms with Crippen LogP contribution in [-0.2, 0) is 12.2 Å². The molecule has 0 saturated heterocycles. The maximum atomic E-state index is 11.6. The lowest BCUT2D eigenvalue weighted by Crippen LogP contribution is -2.10. The van der Waals surface area contributed by atoms with Crippen LogP contribution in [0.1, 0.15) is 31.0 Å².